The van der Waals surface area contributed by atoms with Crippen LogP contribution < -0.4 is 5.73 Å². The molecule has 2 heterocycles. The van der Waals surface area contributed by atoms with Gasteiger partial charge in [-0.15, -0.1) is 0 Å². The number of esters is 1. The third-order valence-electron chi connectivity index (χ3n) is 4.38. The Kier molecular flexibility index (Phi) is 6.76. The number of piperidine rings is 2. The molecule has 0 amide bonds. The fourth-order valence-electron chi connectivity index (χ4n) is 2.97. The number of hydrogen-bond donors (Lipinski definition) is 1. The lowest BCUT2D eigenvalue weighted by Gasteiger charge is -2.29. The van der Waals surface area contributed by atoms with E-state index in [0.29, 0.717) is 19.1 Å². The number of carbonyl (C=O) groups excluding carboxylic acids is 1. The molecule has 2 aliphatic heterocycles. The molecular formula is C15H29N3O2. The number of rotatable bonds is 6. The van der Waals surface area contributed by atoms with Crippen molar-refractivity contribution in [2.24, 2.45) is 5.73 Å². The molecule has 2 aliphatic rings. The average Bonchev–Trinajstić information content (AvgIpc) is 2.48. The molecule has 0 aromatic rings. The lowest BCUT2D eigenvalue weighted by Crippen LogP contribution is -2.40. The molecule has 2 fully saturated rings. The van der Waals surface area contributed by atoms with E-state index >= 15 is 0 Å². The molecule has 2 N–H and O–H groups in total. The molecule has 2 rings (SSSR count). The van der Waals surface area contributed by atoms with E-state index in [-0.39, 0.29) is 5.97 Å². The normalized spacial score (nSPS) is 22.9. The van der Waals surface area contributed by atoms with Crippen LogP contribution in [-0.4, -0.2) is 67.7 Å². The Morgan fingerprint density at radius 3 is 2.35 bits per heavy atom. The van der Waals surface area contributed by atoms with E-state index in [4.69, 9.17) is 10.5 Å². The summed E-state index contributed by atoms with van der Waals surface area (Å²) >= 11 is 0. The number of ether oxygens (including phenoxy) is 1. The Morgan fingerprint density at radius 1 is 1.00 bits per heavy atom. The zero-order valence-corrected chi connectivity index (χ0v) is 12.6. The van der Waals surface area contributed by atoms with Gasteiger partial charge in [-0.2, -0.15) is 0 Å². The van der Waals surface area contributed by atoms with Gasteiger partial charge in [-0.25, -0.2) is 0 Å². The highest BCUT2D eigenvalue weighted by atomic mass is 16.5. The Hall–Kier alpha value is -0.650. The fourth-order valence-corrected chi connectivity index (χ4v) is 2.97. The second-order valence-electron chi connectivity index (χ2n) is 6.05. The number of nitrogens with two attached hydrogens (primary N) is 1. The van der Waals surface area contributed by atoms with Gasteiger partial charge in [0.2, 0.25) is 0 Å². The van der Waals surface area contributed by atoms with Crippen LogP contribution in [0.2, 0.25) is 0 Å². The van der Waals surface area contributed by atoms with Crippen LogP contribution in [0.1, 0.15) is 38.5 Å². The van der Waals surface area contributed by atoms with Crippen molar-refractivity contribution in [3.05, 3.63) is 0 Å². The van der Waals surface area contributed by atoms with Crippen molar-refractivity contribution in [3.63, 3.8) is 0 Å². The van der Waals surface area contributed by atoms with Crippen molar-refractivity contribution in [1.82, 2.24) is 9.80 Å². The lowest BCUT2D eigenvalue weighted by molar-refractivity contribution is -0.144. The van der Waals surface area contributed by atoms with Crippen LogP contribution in [0.4, 0.5) is 0 Å². The molecule has 0 radical (unpaired) electrons. The van der Waals surface area contributed by atoms with Crippen molar-refractivity contribution < 1.29 is 9.53 Å². The first kappa shape index (κ1) is 15.7. The Labute approximate surface area is 122 Å². The lowest BCUT2D eigenvalue weighted by atomic mass is 10.1. The summed E-state index contributed by atoms with van der Waals surface area (Å²) in [6.45, 7) is 6.60. The van der Waals surface area contributed by atoms with Gasteiger partial charge in [0.25, 0.3) is 0 Å². The van der Waals surface area contributed by atoms with Gasteiger partial charge < -0.3 is 15.4 Å². The number of nitrogens with zero attached hydrogens (tertiary/aromatic N) is 2. The fraction of sp³-hybridized carbons (Fsp3) is 0.933. The molecule has 0 aromatic heterocycles. The molecule has 5 nitrogen and oxygen atoms in total. The van der Waals surface area contributed by atoms with E-state index in [1.54, 1.807) is 0 Å². The third-order valence-corrected chi connectivity index (χ3v) is 4.38. The van der Waals surface area contributed by atoms with Crippen LogP contribution in [0.3, 0.4) is 0 Å². The van der Waals surface area contributed by atoms with Crippen molar-refractivity contribution >= 4 is 5.97 Å². The van der Waals surface area contributed by atoms with Gasteiger partial charge >= 0.3 is 5.97 Å². The molecular weight excluding hydrogens is 254 g/mol. The van der Waals surface area contributed by atoms with E-state index in [9.17, 15) is 4.79 Å². The number of carbonyl (C=O) groups is 1. The Bertz CT molecular complexity index is 285. The molecule has 0 aliphatic carbocycles. The van der Waals surface area contributed by atoms with E-state index < -0.39 is 0 Å². The van der Waals surface area contributed by atoms with E-state index in [1.165, 1.54) is 19.3 Å². The van der Waals surface area contributed by atoms with Crippen LogP contribution in [0.5, 0.6) is 0 Å². The van der Waals surface area contributed by atoms with Gasteiger partial charge in [-0.1, -0.05) is 6.42 Å². The second kappa shape index (κ2) is 8.60. The summed E-state index contributed by atoms with van der Waals surface area (Å²) in [7, 11) is 0. The maximum atomic E-state index is 11.7. The van der Waals surface area contributed by atoms with Crippen LogP contribution in [-0.2, 0) is 9.53 Å². The topological polar surface area (TPSA) is 58.8 Å². The minimum Gasteiger partial charge on any atom is -0.464 e. The predicted octanol–water partition coefficient (Wildman–Crippen LogP) is 0.829. The van der Waals surface area contributed by atoms with Crippen LogP contribution >= 0.6 is 0 Å². The zero-order valence-electron chi connectivity index (χ0n) is 12.6. The first-order valence-electron chi connectivity index (χ1n) is 8.10. The zero-order chi connectivity index (χ0) is 14.2. The second-order valence-corrected chi connectivity index (χ2v) is 6.05. The van der Waals surface area contributed by atoms with Crippen LogP contribution in [0.15, 0.2) is 0 Å². The smallest absolute Gasteiger partial charge is 0.307 e. The van der Waals surface area contributed by atoms with Gasteiger partial charge in [0, 0.05) is 19.1 Å². The number of hydrogen-bond acceptors (Lipinski definition) is 5. The Morgan fingerprint density at radius 2 is 1.65 bits per heavy atom. The van der Waals surface area contributed by atoms with Crippen LogP contribution in [0.25, 0.3) is 0 Å². The van der Waals surface area contributed by atoms with Gasteiger partial charge in [0.1, 0.15) is 6.61 Å². The monoisotopic (exact) mass is 283 g/mol. The summed E-state index contributed by atoms with van der Waals surface area (Å²) in [5.74, 6) is -0.0584. The van der Waals surface area contributed by atoms with Crippen LogP contribution in [0, 0.1) is 0 Å². The molecule has 116 valence electrons. The SMILES string of the molecule is NC1CCN(CCC(=O)OCCN2CCCCC2)CC1. The van der Waals surface area contributed by atoms with Crippen molar-refractivity contribution in [2.45, 2.75) is 44.6 Å². The maximum absolute atomic E-state index is 11.7. The third kappa shape index (κ3) is 5.77. The van der Waals surface area contributed by atoms with Gasteiger partial charge in [0.15, 0.2) is 0 Å². The highest BCUT2D eigenvalue weighted by Crippen LogP contribution is 2.09. The highest BCUT2D eigenvalue weighted by Gasteiger charge is 2.17. The molecule has 0 saturated carbocycles. The summed E-state index contributed by atoms with van der Waals surface area (Å²) < 4.78 is 5.32. The maximum Gasteiger partial charge on any atom is 0.307 e. The van der Waals surface area contributed by atoms with Crippen molar-refractivity contribution in [1.29, 1.82) is 0 Å². The molecule has 0 aromatic carbocycles. The van der Waals surface area contributed by atoms with Crippen molar-refractivity contribution in [3.8, 4) is 0 Å². The molecule has 0 spiro atoms. The quantitative estimate of drug-likeness (QED) is 0.732. The largest absolute Gasteiger partial charge is 0.464 e. The first-order valence-corrected chi connectivity index (χ1v) is 8.10. The molecule has 0 bridgehead atoms. The molecule has 0 atom stereocenters. The molecule has 5 heteroatoms. The Balaban J connectivity index is 1.49. The summed E-state index contributed by atoms with van der Waals surface area (Å²) in [5.41, 5.74) is 5.87. The molecule has 0 unspecified atom stereocenters. The first-order chi connectivity index (χ1) is 9.74. The van der Waals surface area contributed by atoms with E-state index in [0.717, 1.165) is 52.1 Å². The molecule has 2 saturated heterocycles. The van der Waals surface area contributed by atoms with Gasteiger partial charge in [-0.05, 0) is 51.9 Å². The van der Waals surface area contributed by atoms with Crippen molar-refractivity contribution in [2.75, 3.05) is 45.9 Å². The summed E-state index contributed by atoms with van der Waals surface area (Å²) in [5, 5.41) is 0. The van der Waals surface area contributed by atoms with E-state index in [2.05, 4.69) is 9.80 Å². The van der Waals surface area contributed by atoms with Gasteiger partial charge in [0.05, 0.1) is 6.42 Å². The summed E-state index contributed by atoms with van der Waals surface area (Å²) in [6.07, 6.45) is 6.51. The average molecular weight is 283 g/mol. The van der Waals surface area contributed by atoms with E-state index in [1.807, 2.05) is 0 Å². The minimum atomic E-state index is -0.0584. The standard InChI is InChI=1S/C15H29N3O2/c16-14-4-9-18(10-5-14)11-6-15(19)20-13-12-17-7-2-1-3-8-17/h14H,1-13,16H2. The minimum absolute atomic E-state index is 0.0584. The predicted molar refractivity (Wildman–Crippen MR) is 79.5 cm³/mol. The van der Waals surface area contributed by atoms with Gasteiger partial charge in [-0.3, -0.25) is 9.69 Å². The number of likely N-dealkylation sites (tertiary alicyclic amines) is 2. The highest BCUT2D eigenvalue weighted by molar-refractivity contribution is 5.69. The summed E-state index contributed by atoms with van der Waals surface area (Å²) in [6, 6.07) is 0.350. The summed E-state index contributed by atoms with van der Waals surface area (Å²) in [4.78, 5) is 16.4. The molecule has 20 heavy (non-hydrogen) atoms.